The molecule has 1 rings (SSSR count). The van der Waals surface area contributed by atoms with Crippen LogP contribution < -0.4 is 5.32 Å². The number of nitrogens with one attached hydrogen (secondary N) is 2. The molecule has 16 heavy (non-hydrogen) atoms. The first-order chi connectivity index (χ1) is 7.63. The van der Waals surface area contributed by atoms with Crippen LogP contribution in [0.3, 0.4) is 0 Å². The minimum absolute atomic E-state index is 0.337. The Kier molecular flexibility index (Phi) is 4.79. The van der Waals surface area contributed by atoms with E-state index in [1.165, 1.54) is 12.7 Å². The average molecular weight is 222 g/mol. The second-order valence-electron chi connectivity index (χ2n) is 3.80. The first kappa shape index (κ1) is 12.5. The van der Waals surface area contributed by atoms with Crippen LogP contribution in [0.4, 0.5) is 0 Å². The predicted octanol–water partition coefficient (Wildman–Crippen LogP) is 1.86. The molecule has 0 atom stereocenters. The number of methoxy groups -OCH3 is 1. The standard InChI is InChI=1S/C12H18N2O2/c1-9(2)6-7-13-8-10-4-5-11(14-10)12(15)16-3/h4-6,13-14H,7-8H2,1-3H3. The fourth-order valence-corrected chi connectivity index (χ4v) is 1.26. The Balaban J connectivity index is 2.41. The summed E-state index contributed by atoms with van der Waals surface area (Å²) in [5.74, 6) is -0.337. The van der Waals surface area contributed by atoms with Crippen molar-refractivity contribution in [2.24, 2.45) is 0 Å². The van der Waals surface area contributed by atoms with Gasteiger partial charge in [0, 0.05) is 18.8 Å². The third kappa shape index (κ3) is 3.90. The highest BCUT2D eigenvalue weighted by Gasteiger charge is 2.06. The Hall–Kier alpha value is -1.55. The van der Waals surface area contributed by atoms with Crippen molar-refractivity contribution in [3.8, 4) is 0 Å². The zero-order chi connectivity index (χ0) is 12.0. The molecule has 0 bridgehead atoms. The van der Waals surface area contributed by atoms with Crippen LogP contribution in [0.25, 0.3) is 0 Å². The van der Waals surface area contributed by atoms with Gasteiger partial charge in [-0.1, -0.05) is 11.6 Å². The fraction of sp³-hybridized carbons (Fsp3) is 0.417. The molecule has 0 fully saturated rings. The number of aromatic amines is 1. The molecule has 4 nitrogen and oxygen atoms in total. The van der Waals surface area contributed by atoms with E-state index in [9.17, 15) is 4.79 Å². The van der Waals surface area contributed by atoms with E-state index in [0.29, 0.717) is 12.2 Å². The molecule has 0 saturated heterocycles. The van der Waals surface area contributed by atoms with Gasteiger partial charge in [-0.3, -0.25) is 0 Å². The van der Waals surface area contributed by atoms with E-state index in [4.69, 9.17) is 0 Å². The molecule has 0 aliphatic heterocycles. The largest absolute Gasteiger partial charge is 0.464 e. The van der Waals surface area contributed by atoms with Gasteiger partial charge in [0.15, 0.2) is 0 Å². The van der Waals surface area contributed by atoms with Crippen molar-refractivity contribution >= 4 is 5.97 Å². The van der Waals surface area contributed by atoms with Crippen molar-refractivity contribution in [3.05, 3.63) is 35.2 Å². The van der Waals surface area contributed by atoms with Crippen molar-refractivity contribution < 1.29 is 9.53 Å². The molecule has 2 N–H and O–H groups in total. The van der Waals surface area contributed by atoms with E-state index >= 15 is 0 Å². The second-order valence-corrected chi connectivity index (χ2v) is 3.80. The Morgan fingerprint density at radius 2 is 2.25 bits per heavy atom. The number of esters is 1. The molecule has 0 radical (unpaired) electrons. The number of carbonyl (C=O) groups excluding carboxylic acids is 1. The molecule has 0 unspecified atom stereocenters. The molecular formula is C12H18N2O2. The summed E-state index contributed by atoms with van der Waals surface area (Å²) in [7, 11) is 1.37. The lowest BCUT2D eigenvalue weighted by Gasteiger charge is -2.00. The van der Waals surface area contributed by atoms with Crippen LogP contribution in [0.5, 0.6) is 0 Å². The molecule has 0 spiro atoms. The van der Waals surface area contributed by atoms with Gasteiger partial charge in [0.05, 0.1) is 7.11 Å². The number of hydrogen-bond acceptors (Lipinski definition) is 3. The third-order valence-corrected chi connectivity index (χ3v) is 2.12. The lowest BCUT2D eigenvalue weighted by Crippen LogP contribution is -2.13. The fourth-order valence-electron chi connectivity index (χ4n) is 1.26. The molecule has 0 aliphatic carbocycles. The molecule has 4 heteroatoms. The van der Waals surface area contributed by atoms with Gasteiger partial charge in [0.1, 0.15) is 5.69 Å². The van der Waals surface area contributed by atoms with Crippen LogP contribution in [0.1, 0.15) is 30.0 Å². The van der Waals surface area contributed by atoms with Crippen LogP contribution in [0, 0.1) is 0 Å². The van der Waals surface area contributed by atoms with Gasteiger partial charge in [-0.05, 0) is 26.0 Å². The lowest BCUT2D eigenvalue weighted by molar-refractivity contribution is 0.0594. The van der Waals surface area contributed by atoms with Crippen molar-refractivity contribution in [1.82, 2.24) is 10.3 Å². The zero-order valence-corrected chi connectivity index (χ0v) is 9.96. The minimum atomic E-state index is -0.337. The number of ether oxygens (including phenoxy) is 1. The topological polar surface area (TPSA) is 54.1 Å². The number of carbonyl (C=O) groups is 1. The van der Waals surface area contributed by atoms with Crippen molar-refractivity contribution in [2.75, 3.05) is 13.7 Å². The van der Waals surface area contributed by atoms with Crippen molar-refractivity contribution in [1.29, 1.82) is 0 Å². The minimum Gasteiger partial charge on any atom is -0.464 e. The molecule has 1 aromatic heterocycles. The average Bonchev–Trinajstić information content (AvgIpc) is 2.71. The Morgan fingerprint density at radius 1 is 1.50 bits per heavy atom. The first-order valence-corrected chi connectivity index (χ1v) is 5.23. The van der Waals surface area contributed by atoms with Gasteiger partial charge in [0.25, 0.3) is 0 Å². The number of H-pyrrole nitrogens is 1. The molecule has 1 aromatic rings. The zero-order valence-electron chi connectivity index (χ0n) is 9.96. The van der Waals surface area contributed by atoms with Crippen LogP contribution in [0.15, 0.2) is 23.8 Å². The normalized spacial score (nSPS) is 9.94. The SMILES string of the molecule is COC(=O)c1ccc(CNCC=C(C)C)[nH]1. The summed E-state index contributed by atoms with van der Waals surface area (Å²) < 4.78 is 4.61. The number of aromatic nitrogens is 1. The third-order valence-electron chi connectivity index (χ3n) is 2.12. The summed E-state index contributed by atoms with van der Waals surface area (Å²) in [5.41, 5.74) is 2.75. The van der Waals surface area contributed by atoms with E-state index in [0.717, 1.165) is 12.2 Å². The van der Waals surface area contributed by atoms with E-state index in [-0.39, 0.29) is 5.97 Å². The quantitative estimate of drug-likeness (QED) is 0.454. The van der Waals surface area contributed by atoms with Gasteiger partial charge in [0.2, 0.25) is 0 Å². The molecular weight excluding hydrogens is 204 g/mol. The highest BCUT2D eigenvalue weighted by molar-refractivity contribution is 5.87. The number of hydrogen-bond donors (Lipinski definition) is 2. The Bertz CT molecular complexity index is 376. The summed E-state index contributed by atoms with van der Waals surface area (Å²) >= 11 is 0. The van der Waals surface area contributed by atoms with Gasteiger partial charge in [-0.25, -0.2) is 4.79 Å². The summed E-state index contributed by atoms with van der Waals surface area (Å²) in [4.78, 5) is 14.2. The maximum atomic E-state index is 11.2. The van der Waals surface area contributed by atoms with Gasteiger partial charge < -0.3 is 15.0 Å². The van der Waals surface area contributed by atoms with Gasteiger partial charge in [-0.15, -0.1) is 0 Å². The molecule has 0 amide bonds. The summed E-state index contributed by atoms with van der Waals surface area (Å²) in [6.07, 6.45) is 2.12. The van der Waals surface area contributed by atoms with E-state index < -0.39 is 0 Å². The highest BCUT2D eigenvalue weighted by atomic mass is 16.5. The lowest BCUT2D eigenvalue weighted by atomic mass is 10.3. The highest BCUT2D eigenvalue weighted by Crippen LogP contribution is 2.02. The van der Waals surface area contributed by atoms with E-state index in [1.807, 2.05) is 6.07 Å². The van der Waals surface area contributed by atoms with Crippen molar-refractivity contribution in [2.45, 2.75) is 20.4 Å². The predicted molar refractivity (Wildman–Crippen MR) is 63.3 cm³/mol. The molecule has 1 heterocycles. The molecule has 0 aromatic carbocycles. The smallest absolute Gasteiger partial charge is 0.354 e. The Labute approximate surface area is 95.7 Å². The summed E-state index contributed by atoms with van der Waals surface area (Å²) in [5, 5.41) is 3.24. The monoisotopic (exact) mass is 222 g/mol. The molecule has 88 valence electrons. The molecule has 0 aliphatic rings. The summed E-state index contributed by atoms with van der Waals surface area (Å²) in [6.45, 7) is 5.66. The van der Waals surface area contributed by atoms with Gasteiger partial charge >= 0.3 is 5.97 Å². The first-order valence-electron chi connectivity index (χ1n) is 5.23. The number of allylic oxidation sites excluding steroid dienone is 1. The van der Waals surface area contributed by atoms with Crippen LogP contribution >= 0.6 is 0 Å². The van der Waals surface area contributed by atoms with Crippen molar-refractivity contribution in [3.63, 3.8) is 0 Å². The Morgan fingerprint density at radius 3 is 2.88 bits per heavy atom. The van der Waals surface area contributed by atoms with E-state index in [2.05, 4.69) is 35.0 Å². The maximum Gasteiger partial charge on any atom is 0.354 e. The van der Waals surface area contributed by atoms with E-state index in [1.54, 1.807) is 6.07 Å². The molecule has 0 saturated carbocycles. The second kappa shape index (κ2) is 6.12. The van der Waals surface area contributed by atoms with Crippen LogP contribution in [-0.2, 0) is 11.3 Å². The van der Waals surface area contributed by atoms with Crippen LogP contribution in [0.2, 0.25) is 0 Å². The van der Waals surface area contributed by atoms with Gasteiger partial charge in [-0.2, -0.15) is 0 Å². The maximum absolute atomic E-state index is 11.2. The summed E-state index contributed by atoms with van der Waals surface area (Å²) in [6, 6.07) is 3.60. The number of rotatable bonds is 5. The van der Waals surface area contributed by atoms with Crippen LogP contribution in [-0.4, -0.2) is 24.6 Å².